The molecule has 0 bridgehead atoms. The van der Waals surface area contributed by atoms with Gasteiger partial charge in [-0.05, 0) is 37.5 Å². The van der Waals surface area contributed by atoms with Crippen molar-refractivity contribution in [3.05, 3.63) is 66.0 Å². The molecule has 1 fully saturated rings. The molecule has 1 aromatic heterocycles. The molecule has 5 nitrogen and oxygen atoms in total. The lowest BCUT2D eigenvalue weighted by Crippen LogP contribution is -2.39. The van der Waals surface area contributed by atoms with Crippen molar-refractivity contribution in [3.63, 3.8) is 0 Å². The van der Waals surface area contributed by atoms with Crippen LogP contribution in [-0.2, 0) is 11.3 Å². The lowest BCUT2D eigenvalue weighted by atomic mass is 9.94. The highest BCUT2D eigenvalue weighted by atomic mass is 35.5. The Morgan fingerprint density at radius 3 is 2.50 bits per heavy atom. The number of fused-ring (bicyclic) bond motifs is 1. The number of rotatable bonds is 5. The van der Waals surface area contributed by atoms with Gasteiger partial charge in [0.05, 0.1) is 23.0 Å². The smallest absolute Gasteiger partial charge is 0.227 e. The Morgan fingerprint density at radius 1 is 1.13 bits per heavy atom. The molecule has 0 spiro atoms. The molecule has 7 heteroatoms. The molecule has 0 aliphatic carbocycles. The number of nitrogens with zero attached hydrogens (tertiary/aromatic N) is 3. The van der Waals surface area contributed by atoms with Crippen LogP contribution in [0.4, 0.5) is 0 Å². The number of halogens is 2. The van der Waals surface area contributed by atoms with Crippen molar-refractivity contribution in [3.8, 4) is 0 Å². The molecule has 30 heavy (non-hydrogen) atoms. The summed E-state index contributed by atoms with van der Waals surface area (Å²) in [6, 6.07) is 17.8. The second-order valence-corrected chi connectivity index (χ2v) is 7.62. The van der Waals surface area contributed by atoms with Gasteiger partial charge in [-0.15, -0.1) is 24.8 Å². The Morgan fingerprint density at radius 2 is 1.80 bits per heavy atom. The first-order valence-corrected chi connectivity index (χ1v) is 10.2. The Bertz CT molecular complexity index is 976. The van der Waals surface area contributed by atoms with Crippen LogP contribution in [0.15, 0.2) is 54.6 Å². The first kappa shape index (κ1) is 24.2. The summed E-state index contributed by atoms with van der Waals surface area (Å²) < 4.78 is 2.24. The molecule has 4 rings (SSSR count). The summed E-state index contributed by atoms with van der Waals surface area (Å²) in [5.41, 5.74) is 9.57. The standard InChI is InChI=1S/C23H28N4O.2ClH/c1-3-26-19-13-8-7-12-18(19)25-22(26)20-14-9-15-27(20)23(28)16(2)21(24)17-10-5-4-6-11-17;;/h4-8,10-13,16,20-21H,3,9,14-15,24H2,1-2H3;2*1H. The van der Waals surface area contributed by atoms with Crippen LogP contribution in [0.5, 0.6) is 0 Å². The number of aryl methyl sites for hydroxylation is 1. The van der Waals surface area contributed by atoms with Gasteiger partial charge in [-0.25, -0.2) is 4.98 Å². The zero-order valence-corrected chi connectivity index (χ0v) is 19.0. The molecule has 1 aliphatic heterocycles. The third kappa shape index (κ3) is 4.34. The molecule has 1 saturated heterocycles. The van der Waals surface area contributed by atoms with Gasteiger partial charge in [0.1, 0.15) is 5.82 Å². The van der Waals surface area contributed by atoms with Crippen molar-refractivity contribution < 1.29 is 4.79 Å². The average Bonchev–Trinajstić information content (AvgIpc) is 3.36. The van der Waals surface area contributed by atoms with E-state index in [1.165, 1.54) is 0 Å². The van der Waals surface area contributed by atoms with E-state index < -0.39 is 0 Å². The van der Waals surface area contributed by atoms with Crippen molar-refractivity contribution in [1.82, 2.24) is 14.5 Å². The first-order valence-electron chi connectivity index (χ1n) is 10.2. The summed E-state index contributed by atoms with van der Waals surface area (Å²) in [4.78, 5) is 20.3. The van der Waals surface area contributed by atoms with Gasteiger partial charge in [0.25, 0.3) is 0 Å². The van der Waals surface area contributed by atoms with E-state index in [0.29, 0.717) is 0 Å². The normalized spacial score (nSPS) is 17.8. The minimum absolute atomic E-state index is 0. The number of amides is 1. The number of para-hydroxylation sites is 2. The van der Waals surface area contributed by atoms with Crippen LogP contribution in [0, 0.1) is 5.92 Å². The van der Waals surface area contributed by atoms with Crippen LogP contribution < -0.4 is 5.73 Å². The maximum Gasteiger partial charge on any atom is 0.227 e. The fraction of sp³-hybridized carbons (Fsp3) is 0.391. The fourth-order valence-corrected chi connectivity index (χ4v) is 4.36. The molecule has 2 N–H and O–H groups in total. The van der Waals surface area contributed by atoms with Gasteiger partial charge in [-0.3, -0.25) is 4.79 Å². The largest absolute Gasteiger partial charge is 0.332 e. The van der Waals surface area contributed by atoms with E-state index in [4.69, 9.17) is 10.7 Å². The molecule has 0 saturated carbocycles. The predicted octanol–water partition coefficient (Wildman–Crippen LogP) is 4.90. The molecule has 162 valence electrons. The van der Waals surface area contributed by atoms with Gasteiger partial charge < -0.3 is 15.2 Å². The summed E-state index contributed by atoms with van der Waals surface area (Å²) in [5.74, 6) is 0.839. The van der Waals surface area contributed by atoms with Crippen molar-refractivity contribution in [2.75, 3.05) is 6.54 Å². The number of carbonyl (C=O) groups is 1. The highest BCUT2D eigenvalue weighted by molar-refractivity contribution is 5.85. The minimum atomic E-state index is -0.306. The van der Waals surface area contributed by atoms with Gasteiger partial charge in [-0.2, -0.15) is 0 Å². The summed E-state index contributed by atoms with van der Waals surface area (Å²) in [5, 5.41) is 0. The van der Waals surface area contributed by atoms with E-state index >= 15 is 0 Å². The summed E-state index contributed by atoms with van der Waals surface area (Å²) >= 11 is 0. The maximum atomic E-state index is 13.4. The van der Waals surface area contributed by atoms with Crippen molar-refractivity contribution >= 4 is 41.8 Å². The summed E-state index contributed by atoms with van der Waals surface area (Å²) in [6.45, 7) is 5.68. The van der Waals surface area contributed by atoms with E-state index in [1.807, 2.05) is 60.4 Å². The molecule has 1 aliphatic rings. The Labute approximate surface area is 190 Å². The zero-order valence-electron chi connectivity index (χ0n) is 17.4. The van der Waals surface area contributed by atoms with Crippen molar-refractivity contribution in [1.29, 1.82) is 0 Å². The Kier molecular flexibility index (Phi) is 8.30. The topological polar surface area (TPSA) is 64.2 Å². The first-order chi connectivity index (χ1) is 13.6. The zero-order chi connectivity index (χ0) is 19.7. The lowest BCUT2D eigenvalue weighted by Gasteiger charge is -2.30. The SMILES string of the molecule is CCn1c(C2CCCN2C(=O)C(C)C(N)c2ccccc2)nc2ccccc21.Cl.Cl. The number of carbonyl (C=O) groups excluding carboxylic acids is 1. The number of benzene rings is 2. The molecule has 2 aromatic carbocycles. The molecule has 1 amide bonds. The quantitative estimate of drug-likeness (QED) is 0.603. The molecule has 3 atom stereocenters. The van der Waals surface area contributed by atoms with E-state index in [1.54, 1.807) is 0 Å². The van der Waals surface area contributed by atoms with Crippen LogP contribution in [0.1, 0.15) is 50.2 Å². The monoisotopic (exact) mass is 448 g/mol. The van der Waals surface area contributed by atoms with Crippen LogP contribution in [0.25, 0.3) is 11.0 Å². The third-order valence-electron chi connectivity index (χ3n) is 5.95. The number of likely N-dealkylation sites (tertiary alicyclic amines) is 1. The summed E-state index contributed by atoms with van der Waals surface area (Å²) in [7, 11) is 0. The van der Waals surface area contributed by atoms with Gasteiger partial charge in [0.15, 0.2) is 0 Å². The number of hydrogen-bond acceptors (Lipinski definition) is 3. The minimum Gasteiger partial charge on any atom is -0.332 e. The number of aromatic nitrogens is 2. The number of nitrogens with two attached hydrogens (primary N) is 1. The fourth-order valence-electron chi connectivity index (χ4n) is 4.36. The Balaban J connectivity index is 0.00000160. The van der Waals surface area contributed by atoms with Crippen molar-refractivity contribution in [2.45, 2.75) is 45.3 Å². The van der Waals surface area contributed by atoms with E-state index in [9.17, 15) is 4.79 Å². The van der Waals surface area contributed by atoms with Crippen LogP contribution in [-0.4, -0.2) is 26.9 Å². The van der Waals surface area contributed by atoms with E-state index in [0.717, 1.165) is 48.4 Å². The molecule has 3 aromatic rings. The van der Waals surface area contributed by atoms with Gasteiger partial charge >= 0.3 is 0 Å². The highest BCUT2D eigenvalue weighted by Crippen LogP contribution is 2.35. The van der Waals surface area contributed by atoms with Gasteiger partial charge in [-0.1, -0.05) is 49.4 Å². The average molecular weight is 449 g/mol. The third-order valence-corrected chi connectivity index (χ3v) is 5.95. The van der Waals surface area contributed by atoms with Crippen molar-refractivity contribution in [2.24, 2.45) is 11.7 Å². The lowest BCUT2D eigenvalue weighted by molar-refractivity contribution is -0.136. The van der Waals surface area contributed by atoms with E-state index in [-0.39, 0.29) is 48.7 Å². The second kappa shape index (κ2) is 10.3. The molecule has 2 heterocycles. The molecular weight excluding hydrogens is 419 g/mol. The van der Waals surface area contributed by atoms with Gasteiger partial charge in [0, 0.05) is 19.1 Å². The Hall–Kier alpha value is -2.08. The second-order valence-electron chi connectivity index (χ2n) is 7.62. The maximum absolute atomic E-state index is 13.4. The molecule has 0 radical (unpaired) electrons. The molecular formula is C23H30Cl2N4O. The highest BCUT2D eigenvalue weighted by Gasteiger charge is 2.37. The number of imidazole rings is 1. The predicted molar refractivity (Wildman–Crippen MR) is 126 cm³/mol. The van der Waals surface area contributed by atoms with Crippen LogP contribution in [0.2, 0.25) is 0 Å². The van der Waals surface area contributed by atoms with Crippen LogP contribution in [0.3, 0.4) is 0 Å². The van der Waals surface area contributed by atoms with Gasteiger partial charge in [0.2, 0.25) is 5.91 Å². The van der Waals surface area contributed by atoms with Crippen LogP contribution >= 0.6 is 24.8 Å². The number of hydrogen-bond donors (Lipinski definition) is 1. The van der Waals surface area contributed by atoms with E-state index in [2.05, 4.69) is 17.6 Å². The summed E-state index contributed by atoms with van der Waals surface area (Å²) in [6.07, 6.45) is 1.94. The molecule has 3 unspecified atom stereocenters.